The number of nitriles is 1. The lowest BCUT2D eigenvalue weighted by Gasteiger charge is -2.10. The number of tetrazole rings is 1. The Kier molecular flexibility index (Phi) is 4.27. The molecule has 0 spiro atoms. The van der Waals surface area contributed by atoms with Gasteiger partial charge < -0.3 is 10.6 Å². The second kappa shape index (κ2) is 6.12. The summed E-state index contributed by atoms with van der Waals surface area (Å²) in [5, 5.41) is 27.6. The molecule has 0 fully saturated rings. The number of nitrogens with one attached hydrogen (secondary N) is 3. The van der Waals surface area contributed by atoms with Crippen LogP contribution in [0.5, 0.6) is 0 Å². The fourth-order valence-corrected chi connectivity index (χ4v) is 1.91. The Bertz CT molecular complexity index is 675. The first-order chi connectivity index (χ1) is 9.65. The van der Waals surface area contributed by atoms with Gasteiger partial charge in [0.05, 0.1) is 11.4 Å². The molecule has 7 nitrogen and oxygen atoms in total. The Labute approximate surface area is 122 Å². The van der Waals surface area contributed by atoms with E-state index in [1.54, 1.807) is 13.1 Å². The summed E-state index contributed by atoms with van der Waals surface area (Å²) in [7, 11) is 1.67. The topological polar surface area (TPSA) is 102 Å². The largest absolute Gasteiger partial charge is 0.386 e. The van der Waals surface area contributed by atoms with Crippen molar-refractivity contribution in [3.05, 3.63) is 34.4 Å². The van der Waals surface area contributed by atoms with Crippen molar-refractivity contribution in [3.63, 3.8) is 0 Å². The highest BCUT2D eigenvalue weighted by molar-refractivity contribution is 9.10. The van der Waals surface area contributed by atoms with Gasteiger partial charge in [-0.2, -0.15) is 10.5 Å². The van der Waals surface area contributed by atoms with Crippen LogP contribution in [0.15, 0.2) is 22.8 Å². The molecule has 0 unspecified atom stereocenters. The fourth-order valence-electron chi connectivity index (χ4n) is 1.48. The number of allylic oxidation sites excluding steroid dienone is 1. The molecule has 2 rings (SSSR count). The minimum atomic E-state index is -0.467. The summed E-state index contributed by atoms with van der Waals surface area (Å²) in [5.74, 6) is -0.339. The molecule has 1 aromatic heterocycles. The van der Waals surface area contributed by atoms with Crippen molar-refractivity contribution < 1.29 is 4.39 Å². The van der Waals surface area contributed by atoms with Crippen LogP contribution in [-0.4, -0.2) is 27.7 Å². The zero-order chi connectivity index (χ0) is 14.5. The molecule has 1 aromatic carbocycles. The van der Waals surface area contributed by atoms with Crippen molar-refractivity contribution in [1.29, 1.82) is 5.26 Å². The number of benzene rings is 1. The highest BCUT2D eigenvalue weighted by Crippen LogP contribution is 2.29. The summed E-state index contributed by atoms with van der Waals surface area (Å²) in [6.45, 7) is 0. The molecule has 0 amide bonds. The van der Waals surface area contributed by atoms with Crippen LogP contribution in [0.3, 0.4) is 0 Å². The molecule has 1 heterocycles. The fraction of sp³-hybridized carbons (Fsp3) is 0.0909. The van der Waals surface area contributed by atoms with Gasteiger partial charge in [-0.15, -0.1) is 10.2 Å². The summed E-state index contributed by atoms with van der Waals surface area (Å²) in [6.07, 6.45) is 1.32. The Morgan fingerprint density at radius 2 is 2.35 bits per heavy atom. The van der Waals surface area contributed by atoms with Crippen molar-refractivity contribution in [2.24, 2.45) is 0 Å². The summed E-state index contributed by atoms with van der Waals surface area (Å²) >= 11 is 3.21. The number of nitrogens with zero attached hydrogens (tertiary/aromatic N) is 4. The molecule has 0 aliphatic carbocycles. The summed E-state index contributed by atoms with van der Waals surface area (Å²) in [4.78, 5) is 0. The predicted molar refractivity (Wildman–Crippen MR) is 75.0 cm³/mol. The molecule has 0 saturated carbocycles. The van der Waals surface area contributed by atoms with Crippen LogP contribution in [0, 0.1) is 17.1 Å². The van der Waals surface area contributed by atoms with E-state index in [1.165, 1.54) is 12.3 Å². The molecule has 0 radical (unpaired) electrons. The van der Waals surface area contributed by atoms with Crippen molar-refractivity contribution in [2.75, 3.05) is 17.7 Å². The van der Waals surface area contributed by atoms with Crippen molar-refractivity contribution in [2.45, 2.75) is 0 Å². The predicted octanol–water partition coefficient (Wildman–Crippen LogP) is 2.12. The van der Waals surface area contributed by atoms with Gasteiger partial charge in [0.2, 0.25) is 5.82 Å². The molecule has 0 saturated heterocycles. The van der Waals surface area contributed by atoms with E-state index in [9.17, 15) is 4.39 Å². The van der Waals surface area contributed by atoms with Gasteiger partial charge in [0.15, 0.2) is 0 Å². The third-order valence-corrected chi connectivity index (χ3v) is 2.85. The second-order valence-electron chi connectivity index (χ2n) is 3.61. The number of aromatic nitrogens is 4. The quantitative estimate of drug-likeness (QED) is 0.738. The number of rotatable bonds is 4. The Morgan fingerprint density at radius 3 is 2.95 bits per heavy atom. The molecule has 9 heteroatoms. The molecule has 2 aromatic rings. The SMILES string of the molecule is CNc1cc(Br)cc(F)c1NC=C(C#N)c1nn[nH]n1. The minimum Gasteiger partial charge on any atom is -0.386 e. The molecule has 0 bridgehead atoms. The Hall–Kier alpha value is -2.47. The van der Waals surface area contributed by atoms with Crippen LogP contribution in [0.25, 0.3) is 5.57 Å². The lowest BCUT2D eigenvalue weighted by molar-refractivity contribution is 0.631. The normalized spacial score (nSPS) is 11.0. The van der Waals surface area contributed by atoms with Crippen LogP contribution >= 0.6 is 15.9 Å². The van der Waals surface area contributed by atoms with Crippen LogP contribution in [0.2, 0.25) is 0 Å². The Balaban J connectivity index is 2.33. The number of hydrogen-bond acceptors (Lipinski definition) is 6. The lowest BCUT2D eigenvalue weighted by atomic mass is 10.2. The minimum absolute atomic E-state index is 0.128. The molecular weight excluding hydrogens is 329 g/mol. The van der Waals surface area contributed by atoms with E-state index in [1.807, 2.05) is 6.07 Å². The van der Waals surface area contributed by atoms with Gasteiger partial charge in [-0.05, 0) is 17.3 Å². The number of aromatic amines is 1. The first-order valence-electron chi connectivity index (χ1n) is 5.43. The van der Waals surface area contributed by atoms with E-state index in [-0.39, 0.29) is 17.1 Å². The third-order valence-electron chi connectivity index (χ3n) is 2.39. The van der Waals surface area contributed by atoms with Gasteiger partial charge in [-0.25, -0.2) is 4.39 Å². The number of H-pyrrole nitrogens is 1. The average Bonchev–Trinajstić information content (AvgIpc) is 2.94. The standard InChI is InChI=1S/C11H9BrFN7/c1-15-9-3-7(12)2-8(13)10(9)16-5-6(4-14)11-17-19-20-18-11/h2-3,5,15-16H,1H3,(H,17,18,19,20). The van der Waals surface area contributed by atoms with E-state index < -0.39 is 5.82 Å². The maximum atomic E-state index is 13.9. The van der Waals surface area contributed by atoms with E-state index in [2.05, 4.69) is 47.2 Å². The van der Waals surface area contributed by atoms with E-state index in [0.717, 1.165) is 0 Å². The zero-order valence-corrected chi connectivity index (χ0v) is 11.9. The lowest BCUT2D eigenvalue weighted by Crippen LogP contribution is -2.00. The van der Waals surface area contributed by atoms with Crippen LogP contribution in [-0.2, 0) is 0 Å². The molecule has 102 valence electrons. The highest BCUT2D eigenvalue weighted by atomic mass is 79.9. The van der Waals surface area contributed by atoms with Crippen molar-refractivity contribution in [3.8, 4) is 6.07 Å². The molecular formula is C11H9BrFN7. The highest BCUT2D eigenvalue weighted by Gasteiger charge is 2.10. The van der Waals surface area contributed by atoms with Crippen molar-refractivity contribution >= 4 is 32.9 Å². The first-order valence-corrected chi connectivity index (χ1v) is 6.22. The van der Waals surface area contributed by atoms with Gasteiger partial charge in [0.25, 0.3) is 0 Å². The number of anilines is 2. The van der Waals surface area contributed by atoms with E-state index in [4.69, 9.17) is 5.26 Å². The molecule has 20 heavy (non-hydrogen) atoms. The summed E-state index contributed by atoms with van der Waals surface area (Å²) in [6, 6.07) is 4.93. The molecule has 0 aliphatic heterocycles. The van der Waals surface area contributed by atoms with Gasteiger partial charge in [-0.3, -0.25) is 0 Å². The zero-order valence-electron chi connectivity index (χ0n) is 10.3. The van der Waals surface area contributed by atoms with Gasteiger partial charge in [0, 0.05) is 17.7 Å². The summed E-state index contributed by atoms with van der Waals surface area (Å²) < 4.78 is 14.5. The van der Waals surface area contributed by atoms with Crippen molar-refractivity contribution in [1.82, 2.24) is 20.6 Å². The smallest absolute Gasteiger partial charge is 0.216 e. The second-order valence-corrected chi connectivity index (χ2v) is 4.53. The van der Waals surface area contributed by atoms with E-state index in [0.29, 0.717) is 10.2 Å². The van der Waals surface area contributed by atoms with Crippen LogP contribution in [0.1, 0.15) is 5.82 Å². The Morgan fingerprint density at radius 1 is 1.55 bits per heavy atom. The van der Waals surface area contributed by atoms with Crippen LogP contribution < -0.4 is 10.6 Å². The monoisotopic (exact) mass is 337 g/mol. The number of hydrogen-bond donors (Lipinski definition) is 3. The third kappa shape index (κ3) is 2.92. The van der Waals surface area contributed by atoms with E-state index >= 15 is 0 Å². The van der Waals surface area contributed by atoms with Gasteiger partial charge in [-0.1, -0.05) is 15.9 Å². The maximum Gasteiger partial charge on any atom is 0.216 e. The van der Waals surface area contributed by atoms with Crippen LogP contribution in [0.4, 0.5) is 15.8 Å². The summed E-state index contributed by atoms with van der Waals surface area (Å²) in [5.41, 5.74) is 0.883. The molecule has 3 N–H and O–H groups in total. The maximum absolute atomic E-state index is 13.9. The molecule has 0 aliphatic rings. The molecule has 0 atom stereocenters. The van der Waals surface area contributed by atoms with Gasteiger partial charge >= 0.3 is 0 Å². The number of halogens is 2. The van der Waals surface area contributed by atoms with Gasteiger partial charge in [0.1, 0.15) is 17.5 Å². The first kappa shape index (κ1) is 14.0. The average molecular weight is 338 g/mol.